The van der Waals surface area contributed by atoms with Gasteiger partial charge in [-0.2, -0.15) is 9.90 Å². The summed E-state index contributed by atoms with van der Waals surface area (Å²) in [5.41, 5.74) is 0. The molecule has 0 aromatic carbocycles. The first-order valence-electron chi connectivity index (χ1n) is 0. The van der Waals surface area contributed by atoms with Crippen molar-refractivity contribution >= 4 is 9.90 Å². The molecule has 0 saturated heterocycles. The van der Waals surface area contributed by atoms with E-state index in [1.165, 1.54) is 0 Å². The standard InChI is InChI=1S/CH4.H3N.H2O.H3P/h1H4;1H3;1H2;1H3. The fourth-order valence-corrected chi connectivity index (χ4v) is 0. The fourth-order valence-electron chi connectivity index (χ4n) is 0. The summed E-state index contributed by atoms with van der Waals surface area (Å²) in [6.07, 6.45) is 0. The summed E-state index contributed by atoms with van der Waals surface area (Å²) in [5, 5.41) is 0. The highest BCUT2D eigenvalue weighted by molar-refractivity contribution is 6.92. The van der Waals surface area contributed by atoms with Crippen LogP contribution < -0.4 is 6.15 Å². The lowest BCUT2D eigenvalue weighted by molar-refractivity contribution is 0.824. The van der Waals surface area contributed by atoms with E-state index >= 15 is 0 Å². The first-order valence-corrected chi connectivity index (χ1v) is 0. The van der Waals surface area contributed by atoms with Gasteiger partial charge in [0.2, 0.25) is 0 Å². The molecule has 1 unspecified atom stereocenters. The third-order valence-electron chi connectivity index (χ3n) is 0. The van der Waals surface area contributed by atoms with Gasteiger partial charge in [0.05, 0.1) is 0 Å². The van der Waals surface area contributed by atoms with Gasteiger partial charge in [0.1, 0.15) is 0 Å². The summed E-state index contributed by atoms with van der Waals surface area (Å²) in [6, 6.07) is 0. The van der Waals surface area contributed by atoms with Crippen molar-refractivity contribution in [3.8, 4) is 0 Å². The largest absolute Gasteiger partial charge is 0.412 e. The van der Waals surface area contributed by atoms with Crippen molar-refractivity contribution in [2.24, 2.45) is 0 Å². The second kappa shape index (κ2) is 151. The predicted octanol–water partition coefficient (Wildman–Crippen LogP) is 0.0315. The van der Waals surface area contributed by atoms with E-state index in [4.69, 9.17) is 0 Å². The molecule has 3 heteroatoms. The van der Waals surface area contributed by atoms with Gasteiger partial charge in [-0.25, -0.2) is 0 Å². The highest BCUT2D eigenvalue weighted by Crippen LogP contribution is 0.861. The number of hydrogen-bond donors (Lipinski definition) is 1. The third-order valence-corrected chi connectivity index (χ3v) is 0. The zero-order valence-corrected chi connectivity index (χ0v) is 3.33. The van der Waals surface area contributed by atoms with Gasteiger partial charge in [-0.05, 0) is 0 Å². The molecule has 0 spiro atoms. The van der Waals surface area contributed by atoms with E-state index in [1.807, 2.05) is 0 Å². The van der Waals surface area contributed by atoms with Crippen molar-refractivity contribution < 1.29 is 5.48 Å². The minimum atomic E-state index is 0. The van der Waals surface area contributed by atoms with Crippen LogP contribution >= 0.6 is 9.90 Å². The SMILES string of the molecule is C.N.O.P. The van der Waals surface area contributed by atoms with Crippen LogP contribution in [-0.2, 0) is 0 Å². The van der Waals surface area contributed by atoms with E-state index in [-0.39, 0.29) is 29.0 Å². The molecule has 0 aromatic heterocycles. The molecular formula is CH12NOP. The van der Waals surface area contributed by atoms with Crippen molar-refractivity contribution in [2.45, 2.75) is 7.43 Å². The van der Waals surface area contributed by atoms with E-state index in [9.17, 15) is 0 Å². The third kappa shape index (κ3) is 35.0. The molecule has 1 atom stereocenters. The van der Waals surface area contributed by atoms with E-state index in [2.05, 4.69) is 0 Å². The molecule has 0 aliphatic heterocycles. The lowest BCUT2D eigenvalue weighted by atomic mass is 12.0. The Morgan fingerprint density at radius 2 is 1.00 bits per heavy atom. The van der Waals surface area contributed by atoms with Crippen LogP contribution in [0.25, 0.3) is 0 Å². The maximum atomic E-state index is 0. The summed E-state index contributed by atoms with van der Waals surface area (Å²) >= 11 is 0. The normalized spacial score (nSPS) is 0. The van der Waals surface area contributed by atoms with Crippen LogP contribution in [0.1, 0.15) is 7.43 Å². The summed E-state index contributed by atoms with van der Waals surface area (Å²) in [4.78, 5) is 0. The Morgan fingerprint density at radius 3 is 1.00 bits per heavy atom. The lowest BCUT2D eigenvalue weighted by Crippen LogP contribution is -0.481. The topological polar surface area (TPSA) is 66.5 Å². The Kier molecular flexibility index (Phi) is 15000. The molecule has 0 aromatic rings. The van der Waals surface area contributed by atoms with Crippen LogP contribution in [-0.4, -0.2) is 5.48 Å². The molecule has 5 N–H and O–H groups in total. The van der Waals surface area contributed by atoms with Gasteiger partial charge in [-0.15, -0.1) is 0 Å². The maximum Gasteiger partial charge on any atom is -0.0776 e. The fraction of sp³-hybridized carbons (Fsp3) is 1.00. The first kappa shape index (κ1) is 399. The van der Waals surface area contributed by atoms with Crippen molar-refractivity contribution in [3.63, 3.8) is 0 Å². The second-order valence-corrected chi connectivity index (χ2v) is 0. The van der Waals surface area contributed by atoms with Crippen LogP contribution in [0, 0.1) is 0 Å². The van der Waals surface area contributed by atoms with Gasteiger partial charge in [-0.1, -0.05) is 7.43 Å². The molecular weight excluding hydrogens is 73.0 g/mol. The Labute approximate surface area is 30.1 Å². The highest BCUT2D eigenvalue weighted by atomic mass is 31.0. The molecule has 0 aliphatic carbocycles. The average Bonchev–Trinajstić information content (AvgIpc) is 0. The minimum Gasteiger partial charge on any atom is -0.412 e. The number of rotatable bonds is 0. The minimum absolute atomic E-state index is 0. The quantitative estimate of drug-likeness (QED) is 0.414. The van der Waals surface area contributed by atoms with E-state index < -0.39 is 0 Å². The molecule has 0 amide bonds. The molecule has 2 nitrogen and oxygen atoms in total. The molecule has 0 heterocycles. The van der Waals surface area contributed by atoms with E-state index in [0.29, 0.717) is 0 Å². The van der Waals surface area contributed by atoms with Crippen molar-refractivity contribution in [3.05, 3.63) is 0 Å². The highest BCUT2D eigenvalue weighted by Gasteiger charge is -0.0775. The molecule has 0 aliphatic rings. The predicted molar refractivity (Wildman–Crippen MR) is 26.5 cm³/mol. The lowest BCUT2D eigenvalue weighted by Gasteiger charge is -0.412. The molecule has 0 saturated carbocycles. The van der Waals surface area contributed by atoms with Crippen molar-refractivity contribution in [1.82, 2.24) is 6.15 Å². The summed E-state index contributed by atoms with van der Waals surface area (Å²) in [6.45, 7) is 0. The molecule has 0 fully saturated rings. The van der Waals surface area contributed by atoms with Crippen LogP contribution in [0.3, 0.4) is 0 Å². The van der Waals surface area contributed by atoms with Crippen LogP contribution in [0.5, 0.6) is 0 Å². The summed E-state index contributed by atoms with van der Waals surface area (Å²) < 4.78 is 0. The molecule has 0 bridgehead atoms. The monoisotopic (exact) mass is 85.1 g/mol. The van der Waals surface area contributed by atoms with Crippen molar-refractivity contribution in [1.29, 1.82) is 0 Å². The first-order chi connectivity index (χ1) is 0. The Bertz CT molecular complexity index is 8.00. The Balaban J connectivity index is 0. The zero-order valence-electron chi connectivity index (χ0n) is 1.91. The van der Waals surface area contributed by atoms with Crippen LogP contribution in [0.4, 0.5) is 0 Å². The van der Waals surface area contributed by atoms with Gasteiger partial charge in [0, 0.05) is 0 Å². The Morgan fingerprint density at radius 1 is 1.00 bits per heavy atom. The second-order valence-electron chi connectivity index (χ2n) is 0. The summed E-state index contributed by atoms with van der Waals surface area (Å²) in [7, 11) is 0. The number of hydrogen-bond acceptors (Lipinski definition) is 1. The van der Waals surface area contributed by atoms with Gasteiger partial charge < -0.3 is 11.6 Å². The molecule has 32 valence electrons. The van der Waals surface area contributed by atoms with Gasteiger partial charge in [0.25, 0.3) is 0 Å². The van der Waals surface area contributed by atoms with Gasteiger partial charge in [0.15, 0.2) is 0 Å². The molecule has 4 heavy (non-hydrogen) atoms. The van der Waals surface area contributed by atoms with Gasteiger partial charge >= 0.3 is 0 Å². The maximum absolute atomic E-state index is 0. The smallest absolute Gasteiger partial charge is 0.0776 e. The average molecular weight is 85.1 g/mol. The van der Waals surface area contributed by atoms with Crippen molar-refractivity contribution in [2.75, 3.05) is 0 Å². The summed E-state index contributed by atoms with van der Waals surface area (Å²) in [5.74, 6) is 0. The van der Waals surface area contributed by atoms with Crippen LogP contribution in [0.2, 0.25) is 0 Å². The Hall–Kier alpha value is 0.350. The zero-order chi connectivity index (χ0) is 0. The van der Waals surface area contributed by atoms with Gasteiger partial charge in [-0.3, -0.25) is 0 Å². The van der Waals surface area contributed by atoms with E-state index in [1.54, 1.807) is 0 Å². The van der Waals surface area contributed by atoms with E-state index in [0.717, 1.165) is 0 Å². The van der Waals surface area contributed by atoms with Crippen LogP contribution in [0.15, 0.2) is 0 Å². The molecule has 0 radical (unpaired) electrons. The molecule has 0 rings (SSSR count).